The summed E-state index contributed by atoms with van der Waals surface area (Å²) >= 11 is 0. The van der Waals surface area contributed by atoms with Crippen LogP contribution in [-0.4, -0.2) is 38.7 Å². The lowest BCUT2D eigenvalue weighted by molar-refractivity contribution is 0.0511. The Labute approximate surface area is 196 Å². The van der Waals surface area contributed by atoms with Crippen LogP contribution in [0.25, 0.3) is 11.3 Å². The number of nitrogens with zero attached hydrogens (tertiary/aromatic N) is 4. The zero-order valence-corrected chi connectivity index (χ0v) is 19.8. The summed E-state index contributed by atoms with van der Waals surface area (Å²) in [7, 11) is 3.22. The van der Waals surface area contributed by atoms with Gasteiger partial charge in [-0.2, -0.15) is 5.10 Å². The summed E-state index contributed by atoms with van der Waals surface area (Å²) in [6.45, 7) is 5.78. The lowest BCUT2D eigenvalue weighted by atomic mass is 9.87. The van der Waals surface area contributed by atoms with E-state index >= 15 is 0 Å². The molecule has 1 aromatic carbocycles. The van der Waals surface area contributed by atoms with Crippen LogP contribution in [0.1, 0.15) is 59.9 Å². The number of methoxy groups -OCH3 is 1. The van der Waals surface area contributed by atoms with Gasteiger partial charge in [0.05, 0.1) is 36.3 Å². The third-order valence-electron chi connectivity index (χ3n) is 6.63. The molecular formula is C25H27F3N4O2. The van der Waals surface area contributed by atoms with Crippen LogP contribution >= 0.6 is 0 Å². The number of rotatable bonds is 5. The van der Waals surface area contributed by atoms with E-state index in [0.29, 0.717) is 47.5 Å². The van der Waals surface area contributed by atoms with Gasteiger partial charge in [-0.25, -0.2) is 13.2 Å². The topological polar surface area (TPSA) is 60.2 Å². The number of hydrogen-bond acceptors (Lipinski definition) is 4. The molecule has 2 aromatic heterocycles. The molecule has 9 heteroatoms. The Morgan fingerprint density at radius 2 is 1.82 bits per heavy atom. The van der Waals surface area contributed by atoms with E-state index in [0.717, 1.165) is 17.7 Å². The van der Waals surface area contributed by atoms with Crippen LogP contribution in [0.15, 0.2) is 24.5 Å². The number of aryl methyl sites for hydroxylation is 1. The van der Waals surface area contributed by atoms with Crippen LogP contribution in [-0.2, 0) is 13.5 Å². The Balaban J connectivity index is 1.84. The first kappa shape index (κ1) is 23.8. The van der Waals surface area contributed by atoms with Crippen molar-refractivity contribution in [3.63, 3.8) is 0 Å². The maximum Gasteiger partial charge on any atom is 0.256 e. The van der Waals surface area contributed by atoms with Crippen molar-refractivity contribution in [2.24, 2.45) is 7.05 Å². The lowest BCUT2D eigenvalue weighted by Gasteiger charge is -2.41. The van der Waals surface area contributed by atoms with Gasteiger partial charge in [0.15, 0.2) is 17.5 Å². The zero-order valence-electron chi connectivity index (χ0n) is 19.8. The largest absolute Gasteiger partial charge is 0.495 e. The first-order valence-electron chi connectivity index (χ1n) is 11.2. The Morgan fingerprint density at radius 3 is 2.41 bits per heavy atom. The number of halogens is 3. The molecule has 0 aliphatic carbocycles. The maximum absolute atomic E-state index is 14.0. The van der Waals surface area contributed by atoms with Gasteiger partial charge in [-0.1, -0.05) is 13.8 Å². The van der Waals surface area contributed by atoms with E-state index in [2.05, 4.69) is 10.1 Å². The monoisotopic (exact) mass is 472 g/mol. The molecule has 0 radical (unpaired) electrons. The van der Waals surface area contributed by atoms with E-state index < -0.39 is 17.5 Å². The van der Waals surface area contributed by atoms with Crippen LogP contribution in [0, 0.1) is 24.4 Å². The molecule has 4 rings (SSSR count). The Bertz CT molecular complexity index is 1230. The fourth-order valence-corrected chi connectivity index (χ4v) is 4.94. The molecule has 0 bridgehead atoms. The van der Waals surface area contributed by atoms with Crippen molar-refractivity contribution in [1.82, 2.24) is 19.7 Å². The average molecular weight is 473 g/mol. The number of benzene rings is 1. The highest BCUT2D eigenvalue weighted by atomic mass is 19.2. The smallest absolute Gasteiger partial charge is 0.256 e. The number of aromatic nitrogens is 3. The molecule has 1 aliphatic rings. The molecule has 0 spiro atoms. The second kappa shape index (κ2) is 9.12. The van der Waals surface area contributed by atoms with Crippen LogP contribution in [0.2, 0.25) is 0 Å². The van der Waals surface area contributed by atoms with Gasteiger partial charge in [0.25, 0.3) is 5.91 Å². The molecule has 3 aromatic rings. The van der Waals surface area contributed by atoms with E-state index in [9.17, 15) is 18.0 Å². The molecule has 180 valence electrons. The van der Waals surface area contributed by atoms with Crippen LogP contribution < -0.4 is 4.74 Å². The summed E-state index contributed by atoms with van der Waals surface area (Å²) in [6, 6.07) is 1.46. The van der Waals surface area contributed by atoms with Crippen molar-refractivity contribution in [2.75, 3.05) is 7.11 Å². The number of ether oxygens (including phenoxy) is 1. The van der Waals surface area contributed by atoms with Crippen molar-refractivity contribution < 1.29 is 22.7 Å². The second-order valence-corrected chi connectivity index (χ2v) is 8.51. The second-order valence-electron chi connectivity index (χ2n) is 8.51. The minimum Gasteiger partial charge on any atom is -0.495 e. The van der Waals surface area contributed by atoms with Gasteiger partial charge in [0.1, 0.15) is 5.75 Å². The summed E-state index contributed by atoms with van der Waals surface area (Å²) in [5.41, 5.74) is 3.39. The number of carbonyl (C=O) groups excluding carboxylic acids is 1. The van der Waals surface area contributed by atoms with Crippen LogP contribution in [0.5, 0.6) is 5.75 Å². The van der Waals surface area contributed by atoms with Crippen molar-refractivity contribution in [3.8, 4) is 17.0 Å². The number of hydrogen-bond donors (Lipinski definition) is 0. The van der Waals surface area contributed by atoms with Crippen LogP contribution in [0.3, 0.4) is 0 Å². The Morgan fingerprint density at radius 1 is 1.15 bits per heavy atom. The normalized spacial score (nSPS) is 17.6. The van der Waals surface area contributed by atoms with E-state index in [-0.39, 0.29) is 23.6 Å². The molecular weight excluding hydrogens is 445 g/mol. The summed E-state index contributed by atoms with van der Waals surface area (Å²) in [5.74, 6) is -3.64. The maximum atomic E-state index is 14.0. The molecule has 0 fully saturated rings. The van der Waals surface area contributed by atoms with Gasteiger partial charge >= 0.3 is 0 Å². The molecule has 0 N–H and O–H groups in total. The lowest BCUT2D eigenvalue weighted by Crippen LogP contribution is -2.47. The molecule has 1 amide bonds. The first-order valence-corrected chi connectivity index (χ1v) is 11.2. The van der Waals surface area contributed by atoms with Gasteiger partial charge < -0.3 is 9.64 Å². The molecule has 0 saturated carbocycles. The summed E-state index contributed by atoms with van der Waals surface area (Å²) < 4.78 is 48.5. The average Bonchev–Trinajstić information content (AvgIpc) is 3.15. The molecule has 3 heterocycles. The number of fused-ring (bicyclic) bond motifs is 1. The van der Waals surface area contributed by atoms with Gasteiger partial charge in [0.2, 0.25) is 0 Å². The number of amides is 1. The summed E-state index contributed by atoms with van der Waals surface area (Å²) in [6.07, 6.45) is 4.82. The zero-order chi connectivity index (χ0) is 24.7. The van der Waals surface area contributed by atoms with E-state index in [1.807, 2.05) is 25.7 Å². The standard InChI is InChI=1S/C25H27F3N4O2/c1-6-15-10-16-23(30-31(4)24(16)14-8-18(26)22(28)19(27)9-14)20(7-2)32(15)25(33)17-11-29-12-21(34-5)13(17)3/h8-9,11-12,15,20H,6-7,10H2,1-5H3. The molecule has 34 heavy (non-hydrogen) atoms. The van der Waals surface area contributed by atoms with Crippen molar-refractivity contribution in [1.29, 1.82) is 0 Å². The summed E-state index contributed by atoms with van der Waals surface area (Å²) in [5, 5.41) is 4.66. The highest BCUT2D eigenvalue weighted by Crippen LogP contribution is 2.41. The third kappa shape index (κ3) is 3.73. The minimum atomic E-state index is -1.50. The Hall–Kier alpha value is -3.36. The fourth-order valence-electron chi connectivity index (χ4n) is 4.94. The number of carbonyl (C=O) groups is 1. The quantitative estimate of drug-likeness (QED) is 0.482. The van der Waals surface area contributed by atoms with Crippen molar-refractivity contribution in [2.45, 2.75) is 52.1 Å². The minimum absolute atomic E-state index is 0.167. The SMILES string of the molecule is CCC1Cc2c(nn(C)c2-c2cc(F)c(F)c(F)c2)C(CC)N1C(=O)c1cncc(OC)c1C. The predicted molar refractivity (Wildman–Crippen MR) is 121 cm³/mol. The summed E-state index contributed by atoms with van der Waals surface area (Å²) in [4.78, 5) is 19.8. The van der Waals surface area contributed by atoms with Crippen LogP contribution in [0.4, 0.5) is 13.2 Å². The molecule has 1 aliphatic heterocycles. The van der Waals surface area contributed by atoms with Gasteiger partial charge in [-0.3, -0.25) is 14.5 Å². The van der Waals surface area contributed by atoms with E-state index in [1.54, 1.807) is 24.1 Å². The highest BCUT2D eigenvalue weighted by molar-refractivity contribution is 5.96. The van der Waals surface area contributed by atoms with E-state index in [1.165, 1.54) is 7.11 Å². The van der Waals surface area contributed by atoms with E-state index in [4.69, 9.17) is 4.74 Å². The number of pyridine rings is 1. The molecule has 6 nitrogen and oxygen atoms in total. The third-order valence-corrected chi connectivity index (χ3v) is 6.63. The highest BCUT2D eigenvalue weighted by Gasteiger charge is 2.40. The molecule has 2 unspecified atom stereocenters. The van der Waals surface area contributed by atoms with Gasteiger partial charge in [-0.15, -0.1) is 0 Å². The van der Waals surface area contributed by atoms with Crippen molar-refractivity contribution in [3.05, 3.63) is 64.4 Å². The van der Waals surface area contributed by atoms with Gasteiger partial charge in [-0.05, 0) is 38.3 Å². The van der Waals surface area contributed by atoms with Gasteiger partial charge in [0, 0.05) is 36.0 Å². The molecule has 0 saturated heterocycles. The predicted octanol–water partition coefficient (Wildman–Crippen LogP) is 5.14. The first-order chi connectivity index (χ1) is 16.2. The Kier molecular flexibility index (Phi) is 6.38. The molecule has 2 atom stereocenters. The van der Waals surface area contributed by atoms with Crippen molar-refractivity contribution >= 4 is 5.91 Å². The fraction of sp³-hybridized carbons (Fsp3) is 0.400.